The number of nitrogens with zero attached hydrogens (tertiary/aromatic N) is 4. The Balaban J connectivity index is 1.56. The third-order valence-electron chi connectivity index (χ3n) is 5.74. The fourth-order valence-corrected chi connectivity index (χ4v) is 4.91. The Kier molecular flexibility index (Phi) is 6.49. The Hall–Kier alpha value is -3.72. The summed E-state index contributed by atoms with van der Waals surface area (Å²) in [5.41, 5.74) is 3.06. The Morgan fingerprint density at radius 3 is 2.28 bits per heavy atom. The molecule has 0 fully saturated rings. The first-order chi connectivity index (χ1) is 17.3. The molecule has 3 aromatic heterocycles. The van der Waals surface area contributed by atoms with Gasteiger partial charge >= 0.3 is 6.18 Å². The van der Waals surface area contributed by atoms with Crippen LogP contribution >= 0.6 is 11.8 Å². The summed E-state index contributed by atoms with van der Waals surface area (Å²) >= 11 is 1.41. The molecule has 0 radical (unpaired) electrons. The van der Waals surface area contributed by atoms with Crippen LogP contribution in [0.4, 0.5) is 17.6 Å². The molecule has 0 aliphatic rings. The van der Waals surface area contributed by atoms with E-state index < -0.39 is 24.4 Å². The van der Waals surface area contributed by atoms with Gasteiger partial charge < -0.3 is 4.57 Å². The molecular formula is C27H20F4N4S. The van der Waals surface area contributed by atoms with E-state index in [0.29, 0.717) is 27.5 Å². The summed E-state index contributed by atoms with van der Waals surface area (Å²) in [6.07, 6.45) is -1.94. The SMILES string of the molecule is Cc1ncc2nc(C(F)(F)F)n(Cc3ncc(SCc4ccccc4)cc3F)c2c1-c1ccccc1. The van der Waals surface area contributed by atoms with Crippen molar-refractivity contribution in [2.75, 3.05) is 0 Å². The third kappa shape index (κ3) is 4.83. The lowest BCUT2D eigenvalue weighted by molar-refractivity contribution is -0.146. The van der Waals surface area contributed by atoms with Crippen LogP contribution in [0.3, 0.4) is 0 Å². The number of pyridine rings is 2. The summed E-state index contributed by atoms with van der Waals surface area (Å²) in [5, 5.41) is 0. The quantitative estimate of drug-likeness (QED) is 0.178. The fraction of sp³-hybridized carbons (Fsp3) is 0.148. The molecule has 0 saturated carbocycles. The molecule has 0 spiro atoms. The average Bonchev–Trinajstić information content (AvgIpc) is 3.24. The minimum absolute atomic E-state index is 0.0854. The molecule has 2 aromatic carbocycles. The summed E-state index contributed by atoms with van der Waals surface area (Å²) in [7, 11) is 0. The number of hydrogen-bond acceptors (Lipinski definition) is 4. The average molecular weight is 509 g/mol. The van der Waals surface area contributed by atoms with Gasteiger partial charge in [0.2, 0.25) is 5.82 Å². The lowest BCUT2D eigenvalue weighted by Gasteiger charge is -2.15. The molecule has 0 bridgehead atoms. The van der Waals surface area contributed by atoms with E-state index in [0.717, 1.165) is 10.1 Å². The molecule has 9 heteroatoms. The van der Waals surface area contributed by atoms with E-state index in [2.05, 4.69) is 15.0 Å². The number of halogens is 4. The summed E-state index contributed by atoms with van der Waals surface area (Å²) in [6, 6.07) is 20.0. The topological polar surface area (TPSA) is 43.6 Å². The van der Waals surface area contributed by atoms with Gasteiger partial charge in [0.15, 0.2) is 0 Å². The third-order valence-corrected chi connectivity index (χ3v) is 6.77. The molecule has 0 atom stereocenters. The van der Waals surface area contributed by atoms with Gasteiger partial charge in [0.1, 0.15) is 11.3 Å². The van der Waals surface area contributed by atoms with E-state index in [9.17, 15) is 13.2 Å². The first-order valence-corrected chi connectivity index (χ1v) is 12.1. The molecule has 0 aliphatic heterocycles. The Morgan fingerprint density at radius 2 is 1.61 bits per heavy atom. The lowest BCUT2D eigenvalue weighted by atomic mass is 10.0. The Labute approximate surface area is 209 Å². The van der Waals surface area contributed by atoms with Crippen LogP contribution < -0.4 is 0 Å². The largest absolute Gasteiger partial charge is 0.449 e. The fourth-order valence-electron chi connectivity index (χ4n) is 4.07. The second kappa shape index (κ2) is 9.73. The molecule has 5 aromatic rings. The minimum Gasteiger partial charge on any atom is -0.314 e. The predicted octanol–water partition coefficient (Wildman–Crippen LogP) is 7.30. The van der Waals surface area contributed by atoms with Gasteiger partial charge in [-0.25, -0.2) is 9.37 Å². The number of hydrogen-bond donors (Lipinski definition) is 0. The van der Waals surface area contributed by atoms with Crippen LogP contribution in [0.2, 0.25) is 0 Å². The van der Waals surface area contributed by atoms with Gasteiger partial charge in [-0.1, -0.05) is 60.7 Å². The predicted molar refractivity (Wildman–Crippen MR) is 132 cm³/mol. The molecule has 0 saturated heterocycles. The van der Waals surface area contributed by atoms with E-state index in [4.69, 9.17) is 0 Å². The first-order valence-electron chi connectivity index (χ1n) is 11.1. The second-order valence-corrected chi connectivity index (χ2v) is 9.26. The van der Waals surface area contributed by atoms with Gasteiger partial charge in [-0.3, -0.25) is 9.97 Å². The smallest absolute Gasteiger partial charge is 0.314 e. The van der Waals surface area contributed by atoms with Crippen molar-refractivity contribution in [3.8, 4) is 11.1 Å². The number of aromatic nitrogens is 4. The molecule has 3 heterocycles. The van der Waals surface area contributed by atoms with Crippen molar-refractivity contribution in [3.05, 3.63) is 108 Å². The van der Waals surface area contributed by atoms with E-state index in [-0.39, 0.29) is 16.7 Å². The van der Waals surface area contributed by atoms with Gasteiger partial charge in [-0.05, 0) is 24.1 Å². The van der Waals surface area contributed by atoms with E-state index in [1.165, 1.54) is 30.2 Å². The number of imidazole rings is 1. The van der Waals surface area contributed by atoms with Crippen LogP contribution in [-0.2, 0) is 18.5 Å². The monoisotopic (exact) mass is 508 g/mol. The molecule has 0 unspecified atom stereocenters. The highest BCUT2D eigenvalue weighted by Gasteiger charge is 2.38. The van der Waals surface area contributed by atoms with Crippen molar-refractivity contribution in [1.82, 2.24) is 19.5 Å². The molecule has 4 nitrogen and oxygen atoms in total. The van der Waals surface area contributed by atoms with Crippen LogP contribution in [0.15, 0.2) is 84.0 Å². The maximum atomic E-state index is 15.1. The van der Waals surface area contributed by atoms with Crippen LogP contribution in [0.1, 0.15) is 22.8 Å². The summed E-state index contributed by atoms with van der Waals surface area (Å²) in [6.45, 7) is 1.30. The van der Waals surface area contributed by atoms with Gasteiger partial charge in [0, 0.05) is 28.1 Å². The number of benzene rings is 2. The zero-order valence-electron chi connectivity index (χ0n) is 19.1. The van der Waals surface area contributed by atoms with Crippen LogP contribution in [0, 0.1) is 12.7 Å². The maximum absolute atomic E-state index is 15.1. The maximum Gasteiger partial charge on any atom is 0.449 e. The zero-order chi connectivity index (χ0) is 25.3. The Morgan fingerprint density at radius 1 is 0.917 bits per heavy atom. The molecule has 0 aliphatic carbocycles. The van der Waals surface area contributed by atoms with Crippen molar-refractivity contribution >= 4 is 22.8 Å². The highest BCUT2D eigenvalue weighted by Crippen LogP contribution is 2.37. The normalized spacial score (nSPS) is 11.8. The first kappa shape index (κ1) is 24.0. The molecule has 0 N–H and O–H groups in total. The number of aryl methyl sites for hydroxylation is 1. The van der Waals surface area contributed by atoms with E-state index in [1.54, 1.807) is 31.2 Å². The van der Waals surface area contributed by atoms with Crippen molar-refractivity contribution in [1.29, 1.82) is 0 Å². The molecule has 0 amide bonds. The number of alkyl halides is 3. The van der Waals surface area contributed by atoms with Crippen molar-refractivity contribution in [2.45, 2.75) is 30.3 Å². The standard InChI is InChI=1S/C27H20F4N4S/c1-17-24(19-10-6-3-7-11-19)25-22(14-32-17)34-26(27(29,30)31)35(25)15-23-21(28)12-20(13-33-23)36-16-18-8-4-2-5-9-18/h2-14H,15-16H2,1H3. The number of rotatable bonds is 6. The van der Waals surface area contributed by atoms with Gasteiger partial charge in [-0.2, -0.15) is 13.2 Å². The van der Waals surface area contributed by atoms with Crippen LogP contribution in [-0.4, -0.2) is 19.5 Å². The summed E-state index contributed by atoms with van der Waals surface area (Å²) < 4.78 is 58.2. The van der Waals surface area contributed by atoms with E-state index in [1.807, 2.05) is 36.4 Å². The van der Waals surface area contributed by atoms with Gasteiger partial charge in [-0.15, -0.1) is 11.8 Å². The van der Waals surface area contributed by atoms with Crippen molar-refractivity contribution in [2.24, 2.45) is 0 Å². The van der Waals surface area contributed by atoms with Crippen molar-refractivity contribution in [3.63, 3.8) is 0 Å². The van der Waals surface area contributed by atoms with Gasteiger partial charge in [0.25, 0.3) is 0 Å². The summed E-state index contributed by atoms with van der Waals surface area (Å²) in [5.74, 6) is -1.17. The zero-order valence-corrected chi connectivity index (χ0v) is 19.9. The van der Waals surface area contributed by atoms with Crippen LogP contribution in [0.25, 0.3) is 22.2 Å². The molecule has 182 valence electrons. The number of fused-ring (bicyclic) bond motifs is 1. The minimum atomic E-state index is -4.75. The highest BCUT2D eigenvalue weighted by atomic mass is 32.2. The molecule has 5 rings (SSSR count). The van der Waals surface area contributed by atoms with Crippen molar-refractivity contribution < 1.29 is 17.6 Å². The number of thioether (sulfide) groups is 1. The lowest BCUT2D eigenvalue weighted by Crippen LogP contribution is -2.17. The van der Waals surface area contributed by atoms with Gasteiger partial charge in [0.05, 0.1) is 24.0 Å². The molecule has 36 heavy (non-hydrogen) atoms. The van der Waals surface area contributed by atoms with E-state index >= 15 is 4.39 Å². The highest BCUT2D eigenvalue weighted by molar-refractivity contribution is 7.98. The van der Waals surface area contributed by atoms with Crippen LogP contribution in [0.5, 0.6) is 0 Å². The second-order valence-electron chi connectivity index (χ2n) is 8.21. The molecular weight excluding hydrogens is 488 g/mol. The Bertz CT molecular complexity index is 1520. The summed E-state index contributed by atoms with van der Waals surface area (Å²) in [4.78, 5) is 12.9.